The third-order valence-electron chi connectivity index (χ3n) is 2.73. The predicted molar refractivity (Wildman–Crippen MR) is 74.8 cm³/mol. The summed E-state index contributed by atoms with van der Waals surface area (Å²) in [5.74, 6) is 0.537. The van der Waals surface area contributed by atoms with Crippen LogP contribution >= 0.6 is 11.6 Å². The molecule has 0 spiro atoms. The van der Waals surface area contributed by atoms with Gasteiger partial charge in [-0.25, -0.2) is 0 Å². The van der Waals surface area contributed by atoms with E-state index in [9.17, 15) is 15.2 Å². The van der Waals surface area contributed by atoms with E-state index in [1.54, 1.807) is 30.3 Å². The molecule has 0 unspecified atom stereocenters. The van der Waals surface area contributed by atoms with E-state index in [1.165, 1.54) is 12.1 Å². The molecule has 2 rings (SSSR count). The lowest BCUT2D eigenvalue weighted by molar-refractivity contribution is -0.384. The van der Waals surface area contributed by atoms with Crippen molar-refractivity contribution in [3.63, 3.8) is 0 Å². The molecular formula is C14H12ClNO4. The Kier molecular flexibility index (Phi) is 4.55. The van der Waals surface area contributed by atoms with Crippen LogP contribution in [0.5, 0.6) is 5.75 Å². The van der Waals surface area contributed by atoms with E-state index >= 15 is 0 Å². The van der Waals surface area contributed by atoms with Crippen molar-refractivity contribution in [3.05, 3.63) is 68.7 Å². The normalized spacial score (nSPS) is 10.3. The van der Waals surface area contributed by atoms with E-state index in [0.29, 0.717) is 16.3 Å². The zero-order chi connectivity index (χ0) is 14.5. The molecule has 0 radical (unpaired) electrons. The van der Waals surface area contributed by atoms with Gasteiger partial charge >= 0.3 is 0 Å². The van der Waals surface area contributed by atoms with Crippen molar-refractivity contribution in [2.24, 2.45) is 0 Å². The number of ether oxygens (including phenoxy) is 1. The van der Waals surface area contributed by atoms with E-state index in [1.807, 2.05) is 0 Å². The molecule has 0 aliphatic rings. The second-order valence-electron chi connectivity index (χ2n) is 4.12. The average Bonchev–Trinajstić information content (AvgIpc) is 2.46. The summed E-state index contributed by atoms with van der Waals surface area (Å²) >= 11 is 5.83. The van der Waals surface area contributed by atoms with Gasteiger partial charge in [-0.1, -0.05) is 11.6 Å². The van der Waals surface area contributed by atoms with Gasteiger partial charge in [-0.2, -0.15) is 0 Å². The van der Waals surface area contributed by atoms with Crippen LogP contribution in [0.1, 0.15) is 11.1 Å². The van der Waals surface area contributed by atoms with Gasteiger partial charge in [0, 0.05) is 22.7 Å². The summed E-state index contributed by atoms with van der Waals surface area (Å²) in [5, 5.41) is 20.3. The quantitative estimate of drug-likeness (QED) is 0.678. The smallest absolute Gasteiger partial charge is 0.269 e. The van der Waals surface area contributed by atoms with Crippen molar-refractivity contribution in [2.75, 3.05) is 0 Å². The van der Waals surface area contributed by atoms with Gasteiger partial charge < -0.3 is 9.84 Å². The van der Waals surface area contributed by atoms with Crippen LogP contribution in [0, 0.1) is 10.1 Å². The first-order chi connectivity index (χ1) is 9.60. The SMILES string of the molecule is O=[N+]([O-])c1ccc(COc2ccc(Cl)cc2CO)cc1. The standard InChI is InChI=1S/C14H12ClNO4/c15-12-3-6-14(11(7-12)8-17)20-9-10-1-4-13(5-2-10)16(18)19/h1-7,17H,8-9H2. The first-order valence-corrected chi connectivity index (χ1v) is 6.23. The molecule has 20 heavy (non-hydrogen) atoms. The summed E-state index contributed by atoms with van der Waals surface area (Å²) in [5.41, 5.74) is 1.44. The van der Waals surface area contributed by atoms with Crippen molar-refractivity contribution in [3.8, 4) is 5.75 Å². The van der Waals surface area contributed by atoms with Gasteiger partial charge in [-0.05, 0) is 35.9 Å². The third-order valence-corrected chi connectivity index (χ3v) is 2.97. The fraction of sp³-hybridized carbons (Fsp3) is 0.143. The number of nitro benzene ring substituents is 1. The highest BCUT2D eigenvalue weighted by Gasteiger charge is 2.06. The molecule has 0 aliphatic carbocycles. The number of aliphatic hydroxyl groups is 1. The van der Waals surface area contributed by atoms with Gasteiger partial charge in [0.05, 0.1) is 11.5 Å². The minimum Gasteiger partial charge on any atom is -0.489 e. The van der Waals surface area contributed by atoms with Gasteiger partial charge in [0.2, 0.25) is 0 Å². The fourth-order valence-corrected chi connectivity index (χ4v) is 1.88. The Morgan fingerprint density at radius 2 is 1.90 bits per heavy atom. The highest BCUT2D eigenvalue weighted by molar-refractivity contribution is 6.30. The van der Waals surface area contributed by atoms with Gasteiger partial charge in [-0.3, -0.25) is 10.1 Å². The maximum atomic E-state index is 10.5. The Bertz CT molecular complexity index is 613. The number of nitro groups is 1. The summed E-state index contributed by atoms with van der Waals surface area (Å²) in [4.78, 5) is 10.1. The van der Waals surface area contributed by atoms with E-state index < -0.39 is 4.92 Å². The number of hydrogen-bond acceptors (Lipinski definition) is 4. The predicted octanol–water partition coefficient (Wildman–Crippen LogP) is 3.32. The van der Waals surface area contributed by atoms with Crippen LogP contribution in [-0.4, -0.2) is 10.0 Å². The number of benzene rings is 2. The van der Waals surface area contributed by atoms with Gasteiger partial charge in [-0.15, -0.1) is 0 Å². The molecule has 0 fully saturated rings. The number of halogens is 1. The number of rotatable bonds is 5. The molecule has 0 bridgehead atoms. The summed E-state index contributed by atoms with van der Waals surface area (Å²) in [6.45, 7) is 0.0861. The van der Waals surface area contributed by atoms with Gasteiger partial charge in [0.15, 0.2) is 0 Å². The molecule has 0 aliphatic heterocycles. The third kappa shape index (κ3) is 3.46. The molecule has 0 aromatic heterocycles. The van der Waals surface area contributed by atoms with Crippen LogP contribution in [0.4, 0.5) is 5.69 Å². The Morgan fingerprint density at radius 3 is 2.50 bits per heavy atom. The summed E-state index contributed by atoms with van der Waals surface area (Å²) in [6.07, 6.45) is 0. The maximum absolute atomic E-state index is 10.5. The highest BCUT2D eigenvalue weighted by Crippen LogP contribution is 2.24. The van der Waals surface area contributed by atoms with Crippen molar-refractivity contribution in [2.45, 2.75) is 13.2 Å². The fourth-order valence-electron chi connectivity index (χ4n) is 1.69. The molecule has 0 saturated carbocycles. The van der Waals surface area contributed by atoms with Gasteiger partial charge in [0.1, 0.15) is 12.4 Å². The Morgan fingerprint density at radius 1 is 1.20 bits per heavy atom. The van der Waals surface area contributed by atoms with Crippen molar-refractivity contribution < 1.29 is 14.8 Å². The molecule has 2 aromatic rings. The molecule has 104 valence electrons. The molecule has 0 amide bonds. The molecule has 1 N–H and O–H groups in total. The van der Waals surface area contributed by atoms with Crippen LogP contribution in [0.25, 0.3) is 0 Å². The van der Waals surface area contributed by atoms with E-state index in [-0.39, 0.29) is 18.9 Å². The molecule has 2 aromatic carbocycles. The zero-order valence-electron chi connectivity index (χ0n) is 10.5. The second-order valence-corrected chi connectivity index (χ2v) is 4.56. The summed E-state index contributed by atoms with van der Waals surface area (Å²) in [7, 11) is 0. The zero-order valence-corrected chi connectivity index (χ0v) is 11.2. The summed E-state index contributed by atoms with van der Waals surface area (Å²) in [6, 6.07) is 11.1. The van der Waals surface area contributed by atoms with Crippen LogP contribution < -0.4 is 4.74 Å². The molecule has 0 heterocycles. The summed E-state index contributed by atoms with van der Waals surface area (Å²) < 4.78 is 5.58. The number of hydrogen-bond donors (Lipinski definition) is 1. The second kappa shape index (κ2) is 6.36. The minimum absolute atomic E-state index is 0.0382. The van der Waals surface area contributed by atoms with Crippen molar-refractivity contribution in [1.29, 1.82) is 0 Å². The van der Waals surface area contributed by atoms with Gasteiger partial charge in [0.25, 0.3) is 5.69 Å². The van der Waals surface area contributed by atoms with E-state index in [2.05, 4.69) is 0 Å². The molecule has 6 heteroatoms. The van der Waals surface area contributed by atoms with Crippen molar-refractivity contribution in [1.82, 2.24) is 0 Å². The van der Waals surface area contributed by atoms with Crippen LogP contribution in [0.2, 0.25) is 5.02 Å². The van der Waals surface area contributed by atoms with Crippen LogP contribution in [0.15, 0.2) is 42.5 Å². The number of nitrogens with zero attached hydrogens (tertiary/aromatic N) is 1. The lowest BCUT2D eigenvalue weighted by Gasteiger charge is -2.10. The molecule has 0 saturated heterocycles. The first kappa shape index (κ1) is 14.3. The maximum Gasteiger partial charge on any atom is 0.269 e. The molecule has 0 atom stereocenters. The van der Waals surface area contributed by atoms with E-state index in [0.717, 1.165) is 5.56 Å². The monoisotopic (exact) mass is 293 g/mol. The molecular weight excluding hydrogens is 282 g/mol. The number of aliphatic hydroxyl groups excluding tert-OH is 1. The lowest BCUT2D eigenvalue weighted by Crippen LogP contribution is -1.99. The lowest BCUT2D eigenvalue weighted by atomic mass is 10.2. The Labute approximate surface area is 120 Å². The van der Waals surface area contributed by atoms with Crippen LogP contribution in [-0.2, 0) is 13.2 Å². The Hall–Kier alpha value is -2.11. The largest absolute Gasteiger partial charge is 0.489 e. The van der Waals surface area contributed by atoms with Crippen molar-refractivity contribution >= 4 is 17.3 Å². The average molecular weight is 294 g/mol. The topological polar surface area (TPSA) is 72.6 Å². The highest BCUT2D eigenvalue weighted by atomic mass is 35.5. The first-order valence-electron chi connectivity index (χ1n) is 5.85. The van der Waals surface area contributed by atoms with Crippen LogP contribution in [0.3, 0.4) is 0 Å². The minimum atomic E-state index is -0.451. The number of non-ortho nitro benzene ring substituents is 1. The molecule has 5 nitrogen and oxygen atoms in total. The van der Waals surface area contributed by atoms with E-state index in [4.69, 9.17) is 16.3 Å². The Balaban J connectivity index is 2.06.